The zero-order valence-electron chi connectivity index (χ0n) is 20.7. The number of anilines is 2. The fourth-order valence-corrected chi connectivity index (χ4v) is 4.60. The van der Waals surface area contributed by atoms with Crippen molar-refractivity contribution in [1.29, 1.82) is 0 Å². The second-order valence-electron chi connectivity index (χ2n) is 9.43. The molecule has 182 valence electrons. The number of carbonyl (C=O) groups is 2. The number of urea groups is 1. The van der Waals surface area contributed by atoms with Gasteiger partial charge >= 0.3 is 6.03 Å². The van der Waals surface area contributed by atoms with E-state index in [0.717, 1.165) is 40.9 Å². The number of benzene rings is 3. The van der Waals surface area contributed by atoms with E-state index in [-0.39, 0.29) is 23.9 Å². The van der Waals surface area contributed by atoms with Gasteiger partial charge in [0.15, 0.2) is 0 Å². The first-order valence-electron chi connectivity index (χ1n) is 12.1. The van der Waals surface area contributed by atoms with Gasteiger partial charge in [0.25, 0.3) is 0 Å². The molecule has 0 bridgehead atoms. The Bertz CT molecular complexity index is 1140. The molecule has 0 spiro atoms. The van der Waals surface area contributed by atoms with Crippen LogP contribution in [-0.4, -0.2) is 37.5 Å². The van der Waals surface area contributed by atoms with Crippen LogP contribution in [0, 0.1) is 12.8 Å². The van der Waals surface area contributed by atoms with Crippen molar-refractivity contribution in [2.45, 2.75) is 32.4 Å². The summed E-state index contributed by atoms with van der Waals surface area (Å²) in [4.78, 5) is 30.3. The number of nitrogens with one attached hydrogen (secondary N) is 2. The first kappa shape index (κ1) is 24.3. The third-order valence-electron chi connectivity index (χ3n) is 6.58. The van der Waals surface area contributed by atoms with Crippen molar-refractivity contribution < 1.29 is 9.59 Å². The van der Waals surface area contributed by atoms with Crippen molar-refractivity contribution in [3.05, 3.63) is 95.6 Å². The van der Waals surface area contributed by atoms with Crippen LogP contribution >= 0.6 is 0 Å². The van der Waals surface area contributed by atoms with Crippen molar-refractivity contribution in [3.8, 4) is 0 Å². The molecule has 3 aromatic rings. The molecule has 0 aromatic heterocycles. The van der Waals surface area contributed by atoms with Gasteiger partial charge in [0.2, 0.25) is 5.91 Å². The molecule has 1 aliphatic rings. The lowest BCUT2D eigenvalue weighted by molar-refractivity contribution is -0.121. The van der Waals surface area contributed by atoms with E-state index in [4.69, 9.17) is 0 Å². The number of rotatable bonds is 6. The average molecular weight is 471 g/mol. The van der Waals surface area contributed by atoms with Crippen LogP contribution in [0.15, 0.2) is 78.9 Å². The molecule has 6 heteroatoms. The van der Waals surface area contributed by atoms with Crippen LogP contribution in [0.2, 0.25) is 0 Å². The first-order valence-corrected chi connectivity index (χ1v) is 12.1. The molecule has 3 amide bonds. The molecule has 1 aliphatic heterocycles. The molecule has 2 N–H and O–H groups in total. The maximum absolute atomic E-state index is 13.3. The van der Waals surface area contributed by atoms with Crippen LogP contribution < -0.4 is 15.5 Å². The van der Waals surface area contributed by atoms with Crippen molar-refractivity contribution >= 4 is 23.3 Å². The summed E-state index contributed by atoms with van der Waals surface area (Å²) in [6.45, 7) is 2.89. The molecule has 3 aromatic carbocycles. The minimum Gasteiger partial charge on any atom is -0.378 e. The number of nitrogens with zero attached hydrogens (tertiary/aromatic N) is 2. The zero-order valence-corrected chi connectivity index (χ0v) is 20.7. The maximum atomic E-state index is 13.3. The van der Waals surface area contributed by atoms with Crippen LogP contribution in [0.3, 0.4) is 0 Å². The van der Waals surface area contributed by atoms with Gasteiger partial charge < -0.3 is 20.4 Å². The van der Waals surface area contributed by atoms with Gasteiger partial charge in [-0.1, -0.05) is 60.2 Å². The van der Waals surface area contributed by atoms with Crippen LogP contribution in [0.1, 0.15) is 35.6 Å². The van der Waals surface area contributed by atoms with Gasteiger partial charge in [0.05, 0.1) is 12.0 Å². The third-order valence-corrected chi connectivity index (χ3v) is 6.58. The Morgan fingerprint density at radius 2 is 1.69 bits per heavy atom. The van der Waals surface area contributed by atoms with Gasteiger partial charge in [0, 0.05) is 38.6 Å². The molecular formula is C29H34N4O2. The molecule has 1 saturated heterocycles. The van der Waals surface area contributed by atoms with E-state index in [0.29, 0.717) is 13.1 Å². The number of carbonyl (C=O) groups excluding carboxylic acids is 2. The van der Waals surface area contributed by atoms with E-state index in [9.17, 15) is 9.59 Å². The van der Waals surface area contributed by atoms with Gasteiger partial charge in [-0.3, -0.25) is 4.79 Å². The SMILES string of the molecule is Cc1cccc(C2CCC(C(=O)Nc3ccc(N(C)C)cc3)CN2C(=O)NCc2ccccc2)c1. The van der Waals surface area contributed by atoms with E-state index in [1.807, 2.05) is 84.6 Å². The molecule has 0 saturated carbocycles. The fraction of sp³-hybridized carbons (Fsp3) is 0.310. The molecule has 0 aliphatic carbocycles. The normalized spacial score (nSPS) is 17.5. The topological polar surface area (TPSA) is 64.7 Å². The average Bonchev–Trinajstić information content (AvgIpc) is 2.88. The lowest BCUT2D eigenvalue weighted by atomic mass is 9.88. The quantitative estimate of drug-likeness (QED) is 0.510. The van der Waals surface area contributed by atoms with Crippen molar-refractivity contribution in [1.82, 2.24) is 10.2 Å². The highest BCUT2D eigenvalue weighted by molar-refractivity contribution is 5.93. The van der Waals surface area contributed by atoms with Gasteiger partial charge in [0.1, 0.15) is 0 Å². The third kappa shape index (κ3) is 6.21. The van der Waals surface area contributed by atoms with Gasteiger partial charge in [-0.15, -0.1) is 0 Å². The van der Waals surface area contributed by atoms with Crippen LogP contribution in [0.25, 0.3) is 0 Å². The minimum atomic E-state index is -0.271. The predicted molar refractivity (Wildman–Crippen MR) is 141 cm³/mol. The number of hydrogen-bond donors (Lipinski definition) is 2. The Morgan fingerprint density at radius 3 is 2.37 bits per heavy atom. The number of hydrogen-bond acceptors (Lipinski definition) is 3. The van der Waals surface area contributed by atoms with Gasteiger partial charge in [-0.05, 0) is 55.2 Å². The van der Waals surface area contributed by atoms with Gasteiger partial charge in [-0.25, -0.2) is 4.79 Å². The summed E-state index contributed by atoms with van der Waals surface area (Å²) in [6.07, 6.45) is 1.46. The van der Waals surface area contributed by atoms with Crippen molar-refractivity contribution in [2.24, 2.45) is 5.92 Å². The monoisotopic (exact) mass is 470 g/mol. The van der Waals surface area contributed by atoms with Gasteiger partial charge in [-0.2, -0.15) is 0 Å². The van der Waals surface area contributed by atoms with E-state index in [1.165, 1.54) is 0 Å². The smallest absolute Gasteiger partial charge is 0.318 e. The Morgan fingerprint density at radius 1 is 0.943 bits per heavy atom. The molecule has 1 heterocycles. The largest absolute Gasteiger partial charge is 0.378 e. The summed E-state index contributed by atoms with van der Waals surface area (Å²) < 4.78 is 0. The zero-order chi connectivity index (χ0) is 24.8. The number of amides is 3. The number of likely N-dealkylation sites (tertiary alicyclic amines) is 1. The molecule has 0 radical (unpaired) electrons. The minimum absolute atomic E-state index is 0.0499. The Hall–Kier alpha value is -3.80. The second-order valence-corrected chi connectivity index (χ2v) is 9.43. The van der Waals surface area contributed by atoms with E-state index >= 15 is 0 Å². The molecule has 2 atom stereocenters. The standard InChI is InChI=1S/C29H34N4O2/c1-21-8-7-11-23(18-21)27-17-12-24(28(34)31-25-13-15-26(16-14-25)32(2)3)20-33(27)29(35)30-19-22-9-5-4-6-10-22/h4-11,13-16,18,24,27H,12,17,19-20H2,1-3H3,(H,30,35)(H,31,34). The number of aryl methyl sites for hydroxylation is 1. The molecule has 35 heavy (non-hydrogen) atoms. The van der Waals surface area contributed by atoms with Crippen LogP contribution in [0.4, 0.5) is 16.2 Å². The molecular weight excluding hydrogens is 436 g/mol. The van der Waals surface area contributed by atoms with E-state index in [1.54, 1.807) is 0 Å². The summed E-state index contributed by atoms with van der Waals surface area (Å²) in [7, 11) is 3.97. The van der Waals surface area contributed by atoms with Crippen molar-refractivity contribution in [3.63, 3.8) is 0 Å². The first-order chi connectivity index (χ1) is 16.9. The maximum Gasteiger partial charge on any atom is 0.318 e. The predicted octanol–water partition coefficient (Wildman–Crippen LogP) is 5.36. The summed E-state index contributed by atoms with van der Waals surface area (Å²) in [5, 5.41) is 6.10. The second kappa shape index (κ2) is 11.1. The van der Waals surface area contributed by atoms with Crippen molar-refractivity contribution in [2.75, 3.05) is 30.9 Å². The Labute approximate surface area is 207 Å². The highest BCUT2D eigenvalue weighted by Gasteiger charge is 2.35. The lowest BCUT2D eigenvalue weighted by Crippen LogP contribution is -2.49. The molecule has 6 nitrogen and oxygen atoms in total. The summed E-state index contributed by atoms with van der Waals surface area (Å²) in [5.74, 6) is -0.321. The summed E-state index contributed by atoms with van der Waals surface area (Å²) >= 11 is 0. The molecule has 2 unspecified atom stereocenters. The molecule has 1 fully saturated rings. The van der Waals surface area contributed by atoms with Crippen LogP contribution in [0.5, 0.6) is 0 Å². The fourth-order valence-electron chi connectivity index (χ4n) is 4.60. The van der Waals surface area contributed by atoms with Crippen LogP contribution in [-0.2, 0) is 11.3 Å². The molecule has 4 rings (SSSR count). The highest BCUT2D eigenvalue weighted by atomic mass is 16.2. The van der Waals surface area contributed by atoms with E-state index in [2.05, 4.69) is 35.8 Å². The summed E-state index contributed by atoms with van der Waals surface area (Å²) in [6, 6.07) is 25.7. The lowest BCUT2D eigenvalue weighted by Gasteiger charge is -2.39. The highest BCUT2D eigenvalue weighted by Crippen LogP contribution is 2.34. The Balaban J connectivity index is 1.48. The Kier molecular flexibility index (Phi) is 7.70. The van der Waals surface area contributed by atoms with E-state index < -0.39 is 0 Å². The summed E-state index contributed by atoms with van der Waals surface area (Å²) in [5.41, 5.74) is 5.15. The number of piperidine rings is 1.